The van der Waals surface area contributed by atoms with Gasteiger partial charge in [-0.25, -0.2) is 5.10 Å². The van der Waals surface area contributed by atoms with Crippen molar-refractivity contribution in [2.75, 3.05) is 24.3 Å². The van der Waals surface area contributed by atoms with Gasteiger partial charge in [-0.05, 0) is 12.1 Å². The average Bonchev–Trinajstić information content (AvgIpc) is 3.09. The van der Waals surface area contributed by atoms with Crippen molar-refractivity contribution in [1.82, 2.24) is 15.2 Å². The third-order valence-corrected chi connectivity index (χ3v) is 4.54. The minimum Gasteiger partial charge on any atom is -0.497 e. The largest absolute Gasteiger partial charge is 0.497 e. The van der Waals surface area contributed by atoms with Crippen LogP contribution in [0.2, 0.25) is 0 Å². The van der Waals surface area contributed by atoms with Gasteiger partial charge < -0.3 is 4.74 Å². The third-order valence-electron chi connectivity index (χ3n) is 3.36. The normalized spacial score (nSPS) is 18.3. The van der Waals surface area contributed by atoms with Crippen LogP contribution in [0.1, 0.15) is 10.4 Å². The Morgan fingerprint density at radius 2 is 2.36 bits per heavy atom. The monoisotopic (exact) mass is 318 g/mol. The van der Waals surface area contributed by atoms with Crippen molar-refractivity contribution in [3.63, 3.8) is 0 Å². The minimum absolute atomic E-state index is 0.0269. The van der Waals surface area contributed by atoms with Gasteiger partial charge in [0.15, 0.2) is 5.78 Å². The van der Waals surface area contributed by atoms with Gasteiger partial charge in [-0.2, -0.15) is 10.1 Å². The predicted octanol–water partition coefficient (Wildman–Crippen LogP) is 1.14. The second-order valence-electron chi connectivity index (χ2n) is 4.71. The number of Topliss-reactive ketones (excluding diaryl/α,β-unsaturated/α-hetero) is 1. The Kier molecular flexibility index (Phi) is 4.10. The smallest absolute Gasteiger partial charge is 0.239 e. The summed E-state index contributed by atoms with van der Waals surface area (Å²) in [6.45, 7) is 0.273. The lowest BCUT2D eigenvalue weighted by Crippen LogP contribution is -2.45. The van der Waals surface area contributed by atoms with Crippen molar-refractivity contribution in [3.8, 4) is 5.75 Å². The summed E-state index contributed by atoms with van der Waals surface area (Å²) in [5.41, 5.74) is 0.573. The predicted molar refractivity (Wildman–Crippen MR) is 82.3 cm³/mol. The van der Waals surface area contributed by atoms with Crippen molar-refractivity contribution in [2.24, 2.45) is 0 Å². The Hall–Kier alpha value is -2.35. The molecule has 2 heterocycles. The molecule has 0 bridgehead atoms. The molecule has 1 amide bonds. The van der Waals surface area contributed by atoms with E-state index in [1.165, 1.54) is 23.0 Å². The van der Waals surface area contributed by atoms with Crippen LogP contribution in [0.25, 0.3) is 0 Å². The third kappa shape index (κ3) is 2.82. The molecule has 0 aliphatic carbocycles. The maximum absolute atomic E-state index is 12.6. The van der Waals surface area contributed by atoms with Gasteiger partial charge in [-0.15, -0.1) is 11.8 Å². The van der Waals surface area contributed by atoms with Crippen LogP contribution in [0.4, 0.5) is 5.95 Å². The molecule has 0 spiro atoms. The number of rotatable bonds is 4. The molecule has 1 saturated heterocycles. The van der Waals surface area contributed by atoms with Crippen LogP contribution in [0.3, 0.4) is 0 Å². The Morgan fingerprint density at radius 1 is 1.50 bits per heavy atom. The standard InChI is InChI=1S/C14H14N4O3S/c1-21-10-4-2-3-9(5-10)13(20)11-6-18(12(19)7-22-11)14-15-8-16-17-14/h2-5,8,11H,6-7H2,1H3,(H,15,16,17). The van der Waals surface area contributed by atoms with E-state index in [1.54, 1.807) is 31.4 Å². The number of carbonyl (C=O) groups excluding carboxylic acids is 2. The summed E-state index contributed by atoms with van der Waals surface area (Å²) < 4.78 is 5.14. The molecule has 1 aliphatic heterocycles. The first-order chi connectivity index (χ1) is 10.7. The van der Waals surface area contributed by atoms with Crippen molar-refractivity contribution in [1.29, 1.82) is 0 Å². The van der Waals surface area contributed by atoms with E-state index in [0.717, 1.165) is 0 Å². The van der Waals surface area contributed by atoms with Gasteiger partial charge in [0.1, 0.15) is 12.1 Å². The number of aromatic amines is 1. The molecule has 1 aromatic carbocycles. The van der Waals surface area contributed by atoms with Gasteiger partial charge in [0.2, 0.25) is 11.9 Å². The molecule has 7 nitrogen and oxygen atoms in total. The summed E-state index contributed by atoms with van der Waals surface area (Å²) in [6.07, 6.45) is 1.34. The highest BCUT2D eigenvalue weighted by atomic mass is 32.2. The SMILES string of the molecule is COc1cccc(C(=O)C2CN(c3ncn[nH]3)C(=O)CS2)c1. The van der Waals surface area contributed by atoms with E-state index in [9.17, 15) is 9.59 Å². The molecule has 1 atom stereocenters. The summed E-state index contributed by atoms with van der Waals surface area (Å²) in [5.74, 6) is 1.13. The van der Waals surface area contributed by atoms with Gasteiger partial charge in [-0.3, -0.25) is 14.5 Å². The molecular formula is C14H14N4O3S. The van der Waals surface area contributed by atoms with E-state index in [1.807, 2.05) is 0 Å². The first kappa shape index (κ1) is 14.6. The van der Waals surface area contributed by atoms with E-state index < -0.39 is 0 Å². The van der Waals surface area contributed by atoms with Crippen molar-refractivity contribution < 1.29 is 14.3 Å². The quantitative estimate of drug-likeness (QED) is 0.851. The number of ether oxygens (including phenoxy) is 1. The molecule has 1 fully saturated rings. The molecule has 1 N–H and O–H groups in total. The molecule has 1 unspecified atom stereocenters. The summed E-state index contributed by atoms with van der Waals surface area (Å²) in [5, 5.41) is 6.06. The first-order valence-corrected chi connectivity index (χ1v) is 7.69. The van der Waals surface area contributed by atoms with Crippen LogP contribution in [0.15, 0.2) is 30.6 Å². The zero-order valence-corrected chi connectivity index (χ0v) is 12.7. The van der Waals surface area contributed by atoms with E-state index in [4.69, 9.17) is 4.74 Å². The molecule has 22 heavy (non-hydrogen) atoms. The summed E-state index contributed by atoms with van der Waals surface area (Å²) in [7, 11) is 1.56. The first-order valence-electron chi connectivity index (χ1n) is 6.64. The second-order valence-corrected chi connectivity index (χ2v) is 5.90. The number of hydrogen-bond acceptors (Lipinski definition) is 6. The van der Waals surface area contributed by atoms with Crippen molar-refractivity contribution in [2.45, 2.75) is 5.25 Å². The number of thioether (sulfide) groups is 1. The van der Waals surface area contributed by atoms with Crippen LogP contribution < -0.4 is 9.64 Å². The number of nitrogens with one attached hydrogen (secondary N) is 1. The molecule has 3 rings (SSSR count). The Balaban J connectivity index is 1.79. The number of methoxy groups -OCH3 is 1. The highest BCUT2D eigenvalue weighted by Gasteiger charge is 2.33. The fourth-order valence-corrected chi connectivity index (χ4v) is 3.27. The number of ketones is 1. The highest BCUT2D eigenvalue weighted by Crippen LogP contribution is 2.26. The Bertz CT molecular complexity index is 689. The fraction of sp³-hybridized carbons (Fsp3) is 0.286. The van der Waals surface area contributed by atoms with Crippen LogP contribution in [-0.2, 0) is 4.79 Å². The Labute approximate surface area is 131 Å². The lowest BCUT2D eigenvalue weighted by atomic mass is 10.1. The van der Waals surface area contributed by atoms with Gasteiger partial charge >= 0.3 is 0 Å². The van der Waals surface area contributed by atoms with E-state index >= 15 is 0 Å². The van der Waals surface area contributed by atoms with Crippen LogP contribution >= 0.6 is 11.8 Å². The maximum atomic E-state index is 12.6. The van der Waals surface area contributed by atoms with Crippen LogP contribution in [-0.4, -0.2) is 51.5 Å². The number of anilines is 1. The zero-order valence-electron chi connectivity index (χ0n) is 11.9. The number of amides is 1. The lowest BCUT2D eigenvalue weighted by Gasteiger charge is -2.29. The molecule has 114 valence electrons. The number of benzene rings is 1. The number of nitrogens with zero attached hydrogens (tertiary/aromatic N) is 3. The number of hydrogen-bond donors (Lipinski definition) is 1. The van der Waals surface area contributed by atoms with Crippen LogP contribution in [0, 0.1) is 0 Å². The van der Waals surface area contributed by atoms with E-state index in [0.29, 0.717) is 17.3 Å². The van der Waals surface area contributed by atoms with E-state index in [-0.39, 0.29) is 29.2 Å². The topological polar surface area (TPSA) is 88.2 Å². The minimum atomic E-state index is -0.338. The summed E-state index contributed by atoms with van der Waals surface area (Å²) in [4.78, 5) is 30.1. The summed E-state index contributed by atoms with van der Waals surface area (Å²) in [6, 6.07) is 7.02. The van der Waals surface area contributed by atoms with Gasteiger partial charge in [0.25, 0.3) is 0 Å². The number of H-pyrrole nitrogens is 1. The number of aromatic nitrogens is 3. The van der Waals surface area contributed by atoms with E-state index in [2.05, 4.69) is 15.2 Å². The molecule has 2 aromatic rings. The molecule has 1 aromatic heterocycles. The maximum Gasteiger partial charge on any atom is 0.239 e. The van der Waals surface area contributed by atoms with Gasteiger partial charge in [0, 0.05) is 12.1 Å². The number of carbonyl (C=O) groups is 2. The molecular weight excluding hydrogens is 304 g/mol. The van der Waals surface area contributed by atoms with Crippen molar-refractivity contribution in [3.05, 3.63) is 36.2 Å². The second kappa shape index (κ2) is 6.18. The average molecular weight is 318 g/mol. The molecule has 1 aliphatic rings. The molecule has 0 radical (unpaired) electrons. The zero-order chi connectivity index (χ0) is 15.5. The molecule has 8 heteroatoms. The highest BCUT2D eigenvalue weighted by molar-refractivity contribution is 8.01. The summed E-state index contributed by atoms with van der Waals surface area (Å²) >= 11 is 1.35. The van der Waals surface area contributed by atoms with Gasteiger partial charge in [-0.1, -0.05) is 12.1 Å². The fourth-order valence-electron chi connectivity index (χ4n) is 2.22. The lowest BCUT2D eigenvalue weighted by molar-refractivity contribution is -0.116. The van der Waals surface area contributed by atoms with Gasteiger partial charge in [0.05, 0.1) is 18.1 Å². The molecule has 0 saturated carbocycles. The van der Waals surface area contributed by atoms with Crippen molar-refractivity contribution >= 4 is 29.4 Å². The van der Waals surface area contributed by atoms with Crippen LogP contribution in [0.5, 0.6) is 5.75 Å². The Morgan fingerprint density at radius 3 is 3.09 bits per heavy atom.